The number of thiocarbonyl (C=S) groups is 1. The van der Waals surface area contributed by atoms with Crippen molar-refractivity contribution in [1.29, 1.82) is 0 Å². The van der Waals surface area contributed by atoms with E-state index in [-0.39, 0.29) is 0 Å². The summed E-state index contributed by atoms with van der Waals surface area (Å²) >= 11 is 5.02. The number of hydrogen-bond donors (Lipinski definition) is 1. The summed E-state index contributed by atoms with van der Waals surface area (Å²) in [6, 6.07) is 6.34. The molecule has 100 valence electrons. The molecule has 2 N–H and O–H groups in total. The monoisotopic (exact) mass is 266 g/mol. The van der Waals surface area contributed by atoms with Crippen LogP contribution in [0.3, 0.4) is 0 Å². The smallest absolute Gasteiger partial charge is 0.123 e. The highest BCUT2D eigenvalue weighted by molar-refractivity contribution is 7.80. The van der Waals surface area contributed by atoms with Gasteiger partial charge in [-0.15, -0.1) is 0 Å². The summed E-state index contributed by atoms with van der Waals surface area (Å²) in [5, 5.41) is 0. The van der Waals surface area contributed by atoms with Gasteiger partial charge in [0.25, 0.3) is 0 Å². The van der Waals surface area contributed by atoms with Gasteiger partial charge in [0.1, 0.15) is 10.7 Å². The molecule has 0 spiro atoms. The van der Waals surface area contributed by atoms with Crippen molar-refractivity contribution >= 4 is 17.2 Å². The number of nitrogens with zero attached hydrogens (tertiary/aromatic N) is 1. The molecule has 0 heterocycles. The normalized spacial score (nSPS) is 11.0. The van der Waals surface area contributed by atoms with Crippen molar-refractivity contribution in [2.24, 2.45) is 5.73 Å². The maximum atomic E-state index is 5.67. The van der Waals surface area contributed by atoms with Crippen LogP contribution in [0.15, 0.2) is 18.2 Å². The Hall–Kier alpha value is -1.13. The summed E-state index contributed by atoms with van der Waals surface area (Å²) < 4.78 is 5.39. The van der Waals surface area contributed by atoms with Gasteiger partial charge in [-0.3, -0.25) is 4.90 Å². The Balaban J connectivity index is 3.04. The average Bonchev–Trinajstić information content (AvgIpc) is 2.35. The predicted molar refractivity (Wildman–Crippen MR) is 80.1 cm³/mol. The fourth-order valence-corrected chi connectivity index (χ4v) is 2.06. The van der Waals surface area contributed by atoms with E-state index in [1.54, 1.807) is 7.11 Å². The molecule has 1 aromatic rings. The van der Waals surface area contributed by atoms with Crippen molar-refractivity contribution in [3.05, 3.63) is 29.3 Å². The molecule has 0 aliphatic carbocycles. The van der Waals surface area contributed by atoms with Crippen molar-refractivity contribution in [2.75, 3.05) is 13.7 Å². The third kappa shape index (κ3) is 3.68. The number of nitrogens with two attached hydrogens (primary N) is 1. The Morgan fingerprint density at radius 2 is 2.11 bits per heavy atom. The summed E-state index contributed by atoms with van der Waals surface area (Å²) in [5.41, 5.74) is 7.69. The van der Waals surface area contributed by atoms with Crippen molar-refractivity contribution in [1.82, 2.24) is 4.90 Å². The van der Waals surface area contributed by atoms with Crippen LogP contribution < -0.4 is 10.5 Å². The van der Waals surface area contributed by atoms with E-state index in [0.717, 1.165) is 30.0 Å². The lowest BCUT2D eigenvalue weighted by atomic mass is 10.1. The zero-order valence-electron chi connectivity index (χ0n) is 11.6. The lowest BCUT2D eigenvalue weighted by Crippen LogP contribution is -2.30. The first-order chi connectivity index (χ1) is 8.49. The van der Waals surface area contributed by atoms with Gasteiger partial charge in [-0.05, 0) is 38.6 Å². The van der Waals surface area contributed by atoms with Gasteiger partial charge in [0.15, 0.2) is 0 Å². The maximum absolute atomic E-state index is 5.67. The standard InChI is InChI=1S/C14H22N2OS/c1-5-16(10(2)3)9-12-8-11(14(15)18)6-7-13(12)17-4/h6-8,10H,5,9H2,1-4H3,(H2,15,18). The Morgan fingerprint density at radius 3 is 2.56 bits per heavy atom. The number of hydrogen-bond acceptors (Lipinski definition) is 3. The summed E-state index contributed by atoms with van der Waals surface area (Å²) in [5.74, 6) is 0.883. The van der Waals surface area contributed by atoms with Crippen LogP contribution in [0.2, 0.25) is 0 Å². The van der Waals surface area contributed by atoms with Crippen LogP contribution >= 0.6 is 12.2 Å². The molecule has 0 aromatic heterocycles. The minimum absolute atomic E-state index is 0.423. The summed E-state index contributed by atoms with van der Waals surface area (Å²) in [6.07, 6.45) is 0. The summed E-state index contributed by atoms with van der Waals surface area (Å²) in [7, 11) is 1.69. The van der Waals surface area contributed by atoms with Crippen molar-refractivity contribution in [2.45, 2.75) is 33.4 Å². The molecule has 0 aliphatic heterocycles. The number of ether oxygens (including phenoxy) is 1. The zero-order valence-corrected chi connectivity index (χ0v) is 12.4. The van der Waals surface area contributed by atoms with Crippen molar-refractivity contribution in [3.8, 4) is 5.75 Å². The highest BCUT2D eigenvalue weighted by atomic mass is 32.1. The van der Waals surface area contributed by atoms with E-state index in [9.17, 15) is 0 Å². The van der Waals surface area contributed by atoms with E-state index in [2.05, 4.69) is 25.7 Å². The minimum Gasteiger partial charge on any atom is -0.496 e. The Labute approximate surface area is 115 Å². The highest BCUT2D eigenvalue weighted by Gasteiger charge is 2.12. The molecule has 18 heavy (non-hydrogen) atoms. The van der Waals surface area contributed by atoms with Crippen LogP contribution in [0, 0.1) is 0 Å². The number of methoxy groups -OCH3 is 1. The van der Waals surface area contributed by atoms with Gasteiger partial charge in [-0.1, -0.05) is 19.1 Å². The predicted octanol–water partition coefficient (Wildman–Crippen LogP) is 2.56. The van der Waals surface area contributed by atoms with Crippen molar-refractivity contribution < 1.29 is 4.74 Å². The molecule has 1 aromatic carbocycles. The minimum atomic E-state index is 0.423. The number of benzene rings is 1. The number of rotatable bonds is 6. The Bertz CT molecular complexity index is 418. The fourth-order valence-electron chi connectivity index (χ4n) is 1.93. The molecule has 0 aliphatic rings. The molecule has 4 heteroatoms. The molecular weight excluding hydrogens is 244 g/mol. The van der Waals surface area contributed by atoms with Crippen LogP contribution in [-0.4, -0.2) is 29.6 Å². The molecule has 0 radical (unpaired) electrons. The fraction of sp³-hybridized carbons (Fsp3) is 0.500. The van der Waals surface area contributed by atoms with E-state index in [0.29, 0.717) is 11.0 Å². The molecule has 1 rings (SSSR count). The maximum Gasteiger partial charge on any atom is 0.123 e. The van der Waals surface area contributed by atoms with Gasteiger partial charge in [0, 0.05) is 23.7 Å². The van der Waals surface area contributed by atoms with Crippen LogP contribution in [0.5, 0.6) is 5.75 Å². The first kappa shape index (κ1) is 14.9. The van der Waals surface area contributed by atoms with E-state index in [1.165, 1.54) is 0 Å². The van der Waals surface area contributed by atoms with Gasteiger partial charge < -0.3 is 10.5 Å². The second-order valence-corrected chi connectivity index (χ2v) is 4.99. The average molecular weight is 266 g/mol. The highest BCUT2D eigenvalue weighted by Crippen LogP contribution is 2.22. The van der Waals surface area contributed by atoms with E-state index in [4.69, 9.17) is 22.7 Å². The van der Waals surface area contributed by atoms with Crippen LogP contribution in [0.1, 0.15) is 31.9 Å². The van der Waals surface area contributed by atoms with E-state index >= 15 is 0 Å². The van der Waals surface area contributed by atoms with Crippen LogP contribution in [-0.2, 0) is 6.54 Å². The Kier molecular flexibility index (Phi) is 5.56. The molecular formula is C14H22N2OS. The van der Waals surface area contributed by atoms with Gasteiger partial charge >= 0.3 is 0 Å². The second-order valence-electron chi connectivity index (χ2n) is 4.55. The Morgan fingerprint density at radius 1 is 1.44 bits per heavy atom. The van der Waals surface area contributed by atoms with Crippen LogP contribution in [0.25, 0.3) is 0 Å². The van der Waals surface area contributed by atoms with E-state index < -0.39 is 0 Å². The topological polar surface area (TPSA) is 38.5 Å². The van der Waals surface area contributed by atoms with Crippen LogP contribution in [0.4, 0.5) is 0 Å². The van der Waals surface area contributed by atoms with Gasteiger partial charge in [-0.25, -0.2) is 0 Å². The third-order valence-electron chi connectivity index (χ3n) is 3.07. The molecule has 0 fully saturated rings. The second kappa shape index (κ2) is 6.71. The van der Waals surface area contributed by atoms with Gasteiger partial charge in [-0.2, -0.15) is 0 Å². The lowest BCUT2D eigenvalue weighted by Gasteiger charge is -2.25. The molecule has 0 unspecified atom stereocenters. The molecule has 0 bridgehead atoms. The molecule has 0 amide bonds. The lowest BCUT2D eigenvalue weighted by molar-refractivity contribution is 0.222. The quantitative estimate of drug-likeness (QED) is 0.803. The molecule has 0 saturated heterocycles. The largest absolute Gasteiger partial charge is 0.496 e. The first-order valence-electron chi connectivity index (χ1n) is 6.20. The molecule has 3 nitrogen and oxygen atoms in total. The summed E-state index contributed by atoms with van der Waals surface area (Å²) in [4.78, 5) is 2.78. The summed E-state index contributed by atoms with van der Waals surface area (Å²) in [6.45, 7) is 8.37. The first-order valence-corrected chi connectivity index (χ1v) is 6.61. The van der Waals surface area contributed by atoms with Gasteiger partial charge in [0.05, 0.1) is 7.11 Å². The van der Waals surface area contributed by atoms with E-state index in [1.807, 2.05) is 18.2 Å². The van der Waals surface area contributed by atoms with Gasteiger partial charge in [0.2, 0.25) is 0 Å². The van der Waals surface area contributed by atoms with Crippen molar-refractivity contribution in [3.63, 3.8) is 0 Å². The SMILES string of the molecule is CCN(Cc1cc(C(N)=S)ccc1OC)C(C)C. The zero-order chi connectivity index (χ0) is 13.7. The molecule has 0 saturated carbocycles. The molecule has 0 atom stereocenters. The third-order valence-corrected chi connectivity index (χ3v) is 3.31.